The Bertz CT molecular complexity index is 313. The summed E-state index contributed by atoms with van der Waals surface area (Å²) in [6.07, 6.45) is 0. The molecule has 0 saturated heterocycles. The highest BCUT2D eigenvalue weighted by Crippen LogP contribution is 2.16. The predicted molar refractivity (Wildman–Crippen MR) is 69.8 cm³/mol. The summed E-state index contributed by atoms with van der Waals surface area (Å²) in [6.45, 7) is 9.56. The first-order valence-electron chi connectivity index (χ1n) is 5.96. The lowest BCUT2D eigenvalue weighted by Crippen LogP contribution is -2.23. The quantitative estimate of drug-likeness (QED) is 0.801. The lowest BCUT2D eigenvalue weighted by Gasteiger charge is -2.19. The van der Waals surface area contributed by atoms with E-state index in [1.54, 1.807) is 0 Å². The predicted octanol–water partition coefficient (Wildman–Crippen LogP) is 2.98. The van der Waals surface area contributed by atoms with Gasteiger partial charge >= 0.3 is 0 Å². The van der Waals surface area contributed by atoms with Gasteiger partial charge < -0.3 is 10.4 Å². The molecule has 0 saturated carbocycles. The first-order chi connectivity index (χ1) is 7.52. The molecule has 0 bridgehead atoms. The molecule has 1 aromatic rings. The van der Waals surface area contributed by atoms with E-state index < -0.39 is 0 Å². The molecule has 0 aromatic heterocycles. The van der Waals surface area contributed by atoms with Crippen LogP contribution in [0.3, 0.4) is 0 Å². The van der Waals surface area contributed by atoms with Gasteiger partial charge in [-0.2, -0.15) is 0 Å². The van der Waals surface area contributed by atoms with Crippen LogP contribution in [0, 0.1) is 25.7 Å². The number of hydrogen-bond donors (Lipinski definition) is 2. The first-order valence-corrected chi connectivity index (χ1v) is 5.96. The number of rotatable bonds is 5. The Labute approximate surface area is 98.7 Å². The van der Waals surface area contributed by atoms with E-state index in [1.165, 1.54) is 11.1 Å². The molecule has 2 heteroatoms. The number of aliphatic hydroxyl groups is 1. The van der Waals surface area contributed by atoms with E-state index in [-0.39, 0.29) is 6.61 Å². The second-order valence-corrected chi connectivity index (χ2v) is 4.94. The Morgan fingerprint density at radius 1 is 1.12 bits per heavy atom. The van der Waals surface area contributed by atoms with Crippen LogP contribution < -0.4 is 5.32 Å². The summed E-state index contributed by atoms with van der Waals surface area (Å²) in [7, 11) is 0. The number of hydrogen-bond acceptors (Lipinski definition) is 2. The Morgan fingerprint density at radius 3 is 2.12 bits per heavy atom. The molecule has 0 heterocycles. The molecule has 1 rings (SSSR count). The van der Waals surface area contributed by atoms with Crippen LogP contribution in [0.25, 0.3) is 0 Å². The van der Waals surface area contributed by atoms with E-state index in [9.17, 15) is 5.11 Å². The monoisotopic (exact) mass is 221 g/mol. The standard InChI is InChI=1S/C14H23NO/c1-10(2)13(9-16)8-15-14-6-11(3)5-12(4)7-14/h5-7,10,13,15-16H,8-9H2,1-4H3. The zero-order valence-electron chi connectivity index (χ0n) is 10.7. The first kappa shape index (κ1) is 13.0. The maximum atomic E-state index is 9.24. The zero-order valence-corrected chi connectivity index (χ0v) is 10.7. The molecular formula is C14H23NO. The van der Waals surface area contributed by atoms with Crippen LogP contribution in [0.4, 0.5) is 5.69 Å². The van der Waals surface area contributed by atoms with E-state index in [0.29, 0.717) is 11.8 Å². The lowest BCUT2D eigenvalue weighted by molar-refractivity contribution is 0.198. The van der Waals surface area contributed by atoms with Crippen LogP contribution in [0.2, 0.25) is 0 Å². The van der Waals surface area contributed by atoms with Gasteiger partial charge in [-0.25, -0.2) is 0 Å². The molecule has 2 nitrogen and oxygen atoms in total. The minimum absolute atomic E-state index is 0.246. The van der Waals surface area contributed by atoms with Crippen molar-refractivity contribution in [1.82, 2.24) is 0 Å². The topological polar surface area (TPSA) is 32.3 Å². The molecule has 1 atom stereocenters. The van der Waals surface area contributed by atoms with E-state index in [0.717, 1.165) is 12.2 Å². The van der Waals surface area contributed by atoms with Gasteiger partial charge in [-0.15, -0.1) is 0 Å². The molecular weight excluding hydrogens is 198 g/mol. The van der Waals surface area contributed by atoms with Gasteiger partial charge in [-0.05, 0) is 43.0 Å². The van der Waals surface area contributed by atoms with Crippen LogP contribution in [0.15, 0.2) is 18.2 Å². The summed E-state index contributed by atoms with van der Waals surface area (Å²) >= 11 is 0. The van der Waals surface area contributed by atoms with Crippen molar-refractivity contribution in [3.8, 4) is 0 Å². The van der Waals surface area contributed by atoms with E-state index in [2.05, 4.69) is 51.2 Å². The van der Waals surface area contributed by atoms with E-state index in [4.69, 9.17) is 0 Å². The molecule has 90 valence electrons. The third kappa shape index (κ3) is 3.86. The van der Waals surface area contributed by atoms with Crippen LogP contribution in [0.5, 0.6) is 0 Å². The van der Waals surface area contributed by atoms with Crippen molar-refractivity contribution in [3.05, 3.63) is 29.3 Å². The summed E-state index contributed by atoms with van der Waals surface area (Å²) < 4.78 is 0. The zero-order chi connectivity index (χ0) is 12.1. The van der Waals surface area contributed by atoms with Gasteiger partial charge in [0.2, 0.25) is 0 Å². The van der Waals surface area contributed by atoms with Crippen LogP contribution >= 0.6 is 0 Å². The average Bonchev–Trinajstić information content (AvgIpc) is 2.16. The molecule has 0 aliphatic rings. The van der Waals surface area contributed by atoms with E-state index >= 15 is 0 Å². The van der Waals surface area contributed by atoms with E-state index in [1.807, 2.05) is 0 Å². The number of benzene rings is 1. The third-order valence-corrected chi connectivity index (χ3v) is 2.97. The molecule has 16 heavy (non-hydrogen) atoms. The normalized spacial score (nSPS) is 12.9. The molecule has 0 radical (unpaired) electrons. The Kier molecular flexibility index (Phi) is 4.81. The summed E-state index contributed by atoms with van der Waals surface area (Å²) in [4.78, 5) is 0. The maximum absolute atomic E-state index is 9.24. The van der Waals surface area contributed by atoms with Crippen molar-refractivity contribution in [2.45, 2.75) is 27.7 Å². The maximum Gasteiger partial charge on any atom is 0.0478 e. The molecule has 0 fully saturated rings. The second-order valence-electron chi connectivity index (χ2n) is 4.94. The summed E-state index contributed by atoms with van der Waals surface area (Å²) in [5, 5.41) is 12.6. The number of aliphatic hydroxyl groups excluding tert-OH is 1. The molecule has 1 aromatic carbocycles. The number of aryl methyl sites for hydroxylation is 2. The van der Waals surface area contributed by atoms with Gasteiger partial charge in [-0.1, -0.05) is 19.9 Å². The molecule has 0 amide bonds. The van der Waals surface area contributed by atoms with Crippen LogP contribution in [0.1, 0.15) is 25.0 Å². The lowest BCUT2D eigenvalue weighted by atomic mass is 9.97. The van der Waals surface area contributed by atoms with Crippen molar-refractivity contribution in [2.24, 2.45) is 11.8 Å². The largest absolute Gasteiger partial charge is 0.396 e. The summed E-state index contributed by atoms with van der Waals surface area (Å²) in [6, 6.07) is 6.45. The Balaban J connectivity index is 2.60. The molecule has 2 N–H and O–H groups in total. The molecule has 0 spiro atoms. The molecule has 0 aliphatic carbocycles. The number of anilines is 1. The van der Waals surface area contributed by atoms with Crippen molar-refractivity contribution < 1.29 is 5.11 Å². The van der Waals surface area contributed by atoms with Crippen molar-refractivity contribution in [3.63, 3.8) is 0 Å². The number of nitrogens with one attached hydrogen (secondary N) is 1. The van der Waals surface area contributed by atoms with Gasteiger partial charge in [0.25, 0.3) is 0 Å². The third-order valence-electron chi connectivity index (χ3n) is 2.97. The van der Waals surface area contributed by atoms with Gasteiger partial charge in [0.1, 0.15) is 0 Å². The highest BCUT2D eigenvalue weighted by Gasteiger charge is 2.11. The van der Waals surface area contributed by atoms with Crippen molar-refractivity contribution >= 4 is 5.69 Å². The fourth-order valence-corrected chi connectivity index (χ4v) is 1.84. The smallest absolute Gasteiger partial charge is 0.0478 e. The van der Waals surface area contributed by atoms with Crippen molar-refractivity contribution in [1.29, 1.82) is 0 Å². The average molecular weight is 221 g/mol. The minimum atomic E-state index is 0.246. The van der Waals surface area contributed by atoms with Crippen LogP contribution in [-0.2, 0) is 0 Å². The van der Waals surface area contributed by atoms with Gasteiger partial charge in [0, 0.05) is 24.8 Å². The fraction of sp³-hybridized carbons (Fsp3) is 0.571. The van der Waals surface area contributed by atoms with Crippen molar-refractivity contribution in [2.75, 3.05) is 18.5 Å². The van der Waals surface area contributed by atoms with Gasteiger partial charge in [0.05, 0.1) is 0 Å². The van der Waals surface area contributed by atoms with Crippen LogP contribution in [-0.4, -0.2) is 18.3 Å². The highest BCUT2D eigenvalue weighted by atomic mass is 16.3. The molecule has 0 aliphatic heterocycles. The summed E-state index contributed by atoms with van der Waals surface area (Å²) in [5.74, 6) is 0.823. The Morgan fingerprint density at radius 2 is 1.69 bits per heavy atom. The SMILES string of the molecule is Cc1cc(C)cc(NCC(CO)C(C)C)c1. The van der Waals surface area contributed by atoms with Gasteiger partial charge in [0.15, 0.2) is 0 Å². The summed E-state index contributed by atoms with van der Waals surface area (Å²) in [5.41, 5.74) is 3.69. The fourth-order valence-electron chi connectivity index (χ4n) is 1.84. The highest BCUT2D eigenvalue weighted by molar-refractivity contribution is 5.48. The molecule has 1 unspecified atom stereocenters. The minimum Gasteiger partial charge on any atom is -0.396 e. The Hall–Kier alpha value is -1.02. The second kappa shape index (κ2) is 5.90. The van der Waals surface area contributed by atoms with Gasteiger partial charge in [-0.3, -0.25) is 0 Å².